The first-order valence-electron chi connectivity index (χ1n) is 6.54. The molecule has 0 fully saturated rings. The number of hydrogen-bond donors (Lipinski definition) is 2. The minimum Gasteiger partial charge on any atom is -0.305 e. The van der Waals surface area contributed by atoms with Gasteiger partial charge < -0.3 is 4.98 Å². The topological polar surface area (TPSA) is 78.6 Å². The lowest BCUT2D eigenvalue weighted by atomic mass is 10.1. The van der Waals surface area contributed by atoms with Crippen molar-refractivity contribution in [3.63, 3.8) is 0 Å². The second kappa shape index (κ2) is 5.19. The van der Waals surface area contributed by atoms with Crippen LogP contribution in [0.3, 0.4) is 0 Å². The van der Waals surface area contributed by atoms with Gasteiger partial charge in [-0.25, -0.2) is 9.78 Å². The van der Waals surface area contributed by atoms with Crippen LogP contribution in [-0.2, 0) is 0 Å². The molecular weight excluding hydrogens is 357 g/mol. The Morgan fingerprint density at radius 1 is 1.00 bits per heavy atom. The maximum Gasteiger partial charge on any atom is 0.326 e. The van der Waals surface area contributed by atoms with Gasteiger partial charge in [-0.2, -0.15) is 0 Å². The monoisotopic (exact) mass is 363 g/mol. The zero-order chi connectivity index (χ0) is 16.1. The van der Waals surface area contributed by atoms with Crippen molar-refractivity contribution >= 4 is 55.0 Å². The number of fused-ring (bicyclic) bond motifs is 3. The fraction of sp³-hybridized carbons (Fsp3) is 0. The summed E-state index contributed by atoms with van der Waals surface area (Å²) in [7, 11) is 0. The molecule has 0 bridgehead atoms. The SMILES string of the molecule is O=c1[nH]c(=O)c2sc3nc(-c4ccc(Cl)c(Cl)c4)ccc3c2[nH]1. The summed E-state index contributed by atoms with van der Waals surface area (Å²) in [5.41, 5.74) is 1.09. The van der Waals surface area contributed by atoms with Crippen LogP contribution in [0, 0.1) is 0 Å². The number of thiophene rings is 1. The van der Waals surface area contributed by atoms with Crippen LogP contribution in [0.4, 0.5) is 0 Å². The average Bonchev–Trinajstić information content (AvgIpc) is 2.88. The van der Waals surface area contributed by atoms with E-state index in [1.165, 1.54) is 11.3 Å². The largest absolute Gasteiger partial charge is 0.326 e. The first-order valence-corrected chi connectivity index (χ1v) is 8.11. The molecule has 4 aromatic rings. The maximum atomic E-state index is 11.9. The molecule has 4 rings (SSSR count). The van der Waals surface area contributed by atoms with Crippen molar-refractivity contribution in [1.29, 1.82) is 0 Å². The third-order valence-corrected chi connectivity index (χ3v) is 5.28. The van der Waals surface area contributed by atoms with Gasteiger partial charge in [0.15, 0.2) is 0 Å². The maximum absolute atomic E-state index is 11.9. The lowest BCUT2D eigenvalue weighted by Crippen LogP contribution is -2.20. The molecule has 0 aliphatic rings. The third-order valence-electron chi connectivity index (χ3n) is 3.44. The van der Waals surface area contributed by atoms with E-state index in [1.807, 2.05) is 18.2 Å². The molecule has 0 spiro atoms. The highest BCUT2D eigenvalue weighted by atomic mass is 35.5. The molecule has 23 heavy (non-hydrogen) atoms. The summed E-state index contributed by atoms with van der Waals surface area (Å²) in [6, 6.07) is 8.91. The zero-order valence-corrected chi connectivity index (χ0v) is 13.6. The van der Waals surface area contributed by atoms with E-state index in [0.29, 0.717) is 30.8 Å². The van der Waals surface area contributed by atoms with Crippen LogP contribution in [0.2, 0.25) is 10.0 Å². The highest BCUT2D eigenvalue weighted by molar-refractivity contribution is 7.25. The number of nitrogens with zero attached hydrogens (tertiary/aromatic N) is 1. The number of benzene rings is 1. The normalized spacial score (nSPS) is 11.4. The Kier molecular flexibility index (Phi) is 3.26. The summed E-state index contributed by atoms with van der Waals surface area (Å²) >= 11 is 13.2. The Hall–Kier alpha value is -2.15. The van der Waals surface area contributed by atoms with Crippen LogP contribution in [0.5, 0.6) is 0 Å². The summed E-state index contributed by atoms with van der Waals surface area (Å²) < 4.78 is 0.443. The molecule has 0 unspecified atom stereocenters. The molecule has 8 heteroatoms. The second-order valence-corrected chi connectivity index (χ2v) is 6.71. The molecule has 0 radical (unpaired) electrons. The van der Waals surface area contributed by atoms with E-state index >= 15 is 0 Å². The number of nitrogens with one attached hydrogen (secondary N) is 2. The van der Waals surface area contributed by atoms with E-state index in [4.69, 9.17) is 23.2 Å². The Morgan fingerprint density at radius 2 is 1.83 bits per heavy atom. The number of aromatic amines is 2. The number of aromatic nitrogens is 3. The van der Waals surface area contributed by atoms with Gasteiger partial charge in [-0.05, 0) is 24.3 Å². The van der Waals surface area contributed by atoms with Gasteiger partial charge in [0, 0.05) is 10.9 Å². The zero-order valence-electron chi connectivity index (χ0n) is 11.3. The number of hydrogen-bond acceptors (Lipinski definition) is 4. The molecule has 0 aliphatic heterocycles. The average molecular weight is 364 g/mol. The second-order valence-electron chi connectivity index (χ2n) is 4.89. The fourth-order valence-corrected chi connectivity index (χ4v) is 3.71. The van der Waals surface area contributed by atoms with E-state index in [-0.39, 0.29) is 0 Å². The van der Waals surface area contributed by atoms with Crippen LogP contribution in [-0.4, -0.2) is 15.0 Å². The highest BCUT2D eigenvalue weighted by Crippen LogP contribution is 2.32. The molecule has 1 aromatic carbocycles. The van der Waals surface area contributed by atoms with E-state index in [0.717, 1.165) is 10.9 Å². The number of rotatable bonds is 1. The molecule has 2 N–H and O–H groups in total. The highest BCUT2D eigenvalue weighted by Gasteiger charge is 2.12. The molecule has 0 saturated carbocycles. The molecule has 0 amide bonds. The fourth-order valence-electron chi connectivity index (χ4n) is 2.38. The molecule has 114 valence electrons. The van der Waals surface area contributed by atoms with Gasteiger partial charge in [0.05, 0.1) is 21.3 Å². The molecule has 3 aromatic heterocycles. The lowest BCUT2D eigenvalue weighted by molar-refractivity contribution is 1.09. The van der Waals surface area contributed by atoms with Crippen molar-refractivity contribution in [2.75, 3.05) is 0 Å². The Balaban J connectivity index is 1.99. The van der Waals surface area contributed by atoms with E-state index in [9.17, 15) is 9.59 Å². The lowest BCUT2D eigenvalue weighted by Gasteiger charge is -2.03. The van der Waals surface area contributed by atoms with Crippen molar-refractivity contribution in [2.45, 2.75) is 0 Å². The Labute approximate surface area is 142 Å². The number of pyridine rings is 1. The standard InChI is InChI=1S/C15H7Cl2N3O2S/c16-8-3-1-6(5-9(8)17)10-4-2-7-11-12(23-14(7)18-10)13(21)20-15(22)19-11/h1-5H,(H2,19,20,21,22). The van der Waals surface area contributed by atoms with Crippen LogP contribution >= 0.6 is 34.5 Å². The van der Waals surface area contributed by atoms with Gasteiger partial charge >= 0.3 is 5.69 Å². The van der Waals surface area contributed by atoms with Gasteiger partial charge in [0.1, 0.15) is 9.53 Å². The smallest absolute Gasteiger partial charge is 0.305 e. The van der Waals surface area contributed by atoms with Crippen LogP contribution in [0.15, 0.2) is 39.9 Å². The molecule has 3 heterocycles. The molecule has 5 nitrogen and oxygen atoms in total. The van der Waals surface area contributed by atoms with Crippen molar-refractivity contribution < 1.29 is 0 Å². The minimum atomic E-state index is -0.532. The summed E-state index contributed by atoms with van der Waals surface area (Å²) in [5, 5.41) is 1.66. The Morgan fingerprint density at radius 3 is 2.61 bits per heavy atom. The number of halogens is 2. The van der Waals surface area contributed by atoms with Gasteiger partial charge in [-0.3, -0.25) is 9.78 Å². The summed E-state index contributed by atoms with van der Waals surface area (Å²) in [6.07, 6.45) is 0. The van der Waals surface area contributed by atoms with Crippen LogP contribution < -0.4 is 11.2 Å². The minimum absolute atomic E-state index is 0.414. The quantitative estimate of drug-likeness (QED) is 0.539. The number of H-pyrrole nitrogens is 2. The molecule has 0 atom stereocenters. The first kappa shape index (κ1) is 14.4. The van der Waals surface area contributed by atoms with E-state index < -0.39 is 11.2 Å². The van der Waals surface area contributed by atoms with E-state index in [1.54, 1.807) is 12.1 Å². The predicted molar refractivity (Wildman–Crippen MR) is 93.8 cm³/mol. The van der Waals surface area contributed by atoms with Gasteiger partial charge in [0.25, 0.3) is 5.56 Å². The summed E-state index contributed by atoms with van der Waals surface area (Å²) in [6.45, 7) is 0. The van der Waals surface area contributed by atoms with Crippen LogP contribution in [0.1, 0.15) is 0 Å². The van der Waals surface area contributed by atoms with Gasteiger partial charge in [0.2, 0.25) is 0 Å². The van der Waals surface area contributed by atoms with E-state index in [2.05, 4.69) is 15.0 Å². The first-order chi connectivity index (χ1) is 11.0. The van der Waals surface area contributed by atoms with Gasteiger partial charge in [-0.15, -0.1) is 11.3 Å². The van der Waals surface area contributed by atoms with Crippen LogP contribution in [0.25, 0.3) is 31.7 Å². The predicted octanol–water partition coefficient (Wildman–Crippen LogP) is 3.80. The molecular formula is C15H7Cl2N3O2S. The summed E-state index contributed by atoms with van der Waals surface area (Å²) in [5.74, 6) is 0. The van der Waals surface area contributed by atoms with Gasteiger partial charge in [-0.1, -0.05) is 29.3 Å². The molecule has 0 aliphatic carbocycles. The van der Waals surface area contributed by atoms with Crippen molar-refractivity contribution in [2.24, 2.45) is 0 Å². The van der Waals surface area contributed by atoms with Crippen molar-refractivity contribution in [3.05, 3.63) is 61.2 Å². The third kappa shape index (κ3) is 2.35. The molecule has 0 saturated heterocycles. The van der Waals surface area contributed by atoms with Crippen molar-refractivity contribution in [1.82, 2.24) is 15.0 Å². The Bertz CT molecular complexity index is 1190. The van der Waals surface area contributed by atoms with Crippen molar-refractivity contribution in [3.8, 4) is 11.3 Å². The summed E-state index contributed by atoms with van der Waals surface area (Å²) in [4.78, 5) is 33.4.